The van der Waals surface area contributed by atoms with E-state index in [0.29, 0.717) is 10.9 Å². The molecule has 0 saturated carbocycles. The van der Waals surface area contributed by atoms with E-state index in [4.69, 9.17) is 10.9 Å². The highest BCUT2D eigenvalue weighted by Gasteiger charge is 2.17. The minimum absolute atomic E-state index is 0.0475. The molecule has 0 aromatic carbocycles. The van der Waals surface area contributed by atoms with Gasteiger partial charge in [0.1, 0.15) is 5.69 Å². The number of thioether (sulfide) groups is 1. The fourth-order valence-corrected chi connectivity index (χ4v) is 2.87. The zero-order chi connectivity index (χ0) is 12.3. The van der Waals surface area contributed by atoms with Crippen LogP contribution in [0.25, 0.3) is 0 Å². The Labute approximate surface area is 105 Å². The molecule has 1 fully saturated rings. The number of amidine groups is 1. The van der Waals surface area contributed by atoms with Gasteiger partial charge in [0.2, 0.25) is 0 Å². The summed E-state index contributed by atoms with van der Waals surface area (Å²) in [7, 11) is 0. The number of hydrogen-bond acceptors (Lipinski definition) is 5. The molecule has 6 heteroatoms. The van der Waals surface area contributed by atoms with Gasteiger partial charge in [-0.1, -0.05) is 12.1 Å². The lowest BCUT2D eigenvalue weighted by molar-refractivity contribution is 0.318. The third-order valence-corrected chi connectivity index (χ3v) is 3.86. The maximum absolute atomic E-state index is 8.64. The molecule has 0 bridgehead atoms. The van der Waals surface area contributed by atoms with Gasteiger partial charge in [-0.25, -0.2) is 0 Å². The van der Waals surface area contributed by atoms with Crippen molar-refractivity contribution in [3.05, 3.63) is 24.0 Å². The van der Waals surface area contributed by atoms with Gasteiger partial charge in [0.25, 0.3) is 0 Å². The molecule has 1 aliphatic heterocycles. The number of aromatic nitrogens is 1. The molecule has 2 heterocycles. The van der Waals surface area contributed by atoms with Gasteiger partial charge < -0.3 is 15.8 Å². The largest absolute Gasteiger partial charge is 0.409 e. The molecule has 0 amide bonds. The van der Waals surface area contributed by atoms with Crippen LogP contribution in [-0.4, -0.2) is 40.1 Å². The Balaban J connectivity index is 2.21. The summed E-state index contributed by atoms with van der Waals surface area (Å²) in [5, 5.41) is 12.2. The average Bonchev–Trinajstić information content (AvgIpc) is 2.38. The van der Waals surface area contributed by atoms with E-state index in [1.807, 2.05) is 23.9 Å². The Morgan fingerprint density at radius 2 is 2.53 bits per heavy atom. The van der Waals surface area contributed by atoms with Crippen LogP contribution >= 0.6 is 11.8 Å². The lowest BCUT2D eigenvalue weighted by Gasteiger charge is -2.32. The Morgan fingerprint density at radius 3 is 3.24 bits per heavy atom. The molecule has 1 aliphatic rings. The van der Waals surface area contributed by atoms with E-state index in [2.05, 4.69) is 22.0 Å². The minimum atomic E-state index is 0.0475. The lowest BCUT2D eigenvalue weighted by Crippen LogP contribution is -2.36. The molecule has 0 aliphatic carbocycles. The van der Waals surface area contributed by atoms with Crippen molar-refractivity contribution in [2.24, 2.45) is 10.9 Å². The summed E-state index contributed by atoms with van der Waals surface area (Å²) in [6.07, 6.45) is 1.69. The van der Waals surface area contributed by atoms with Crippen LogP contribution in [0.15, 0.2) is 23.5 Å². The number of nitrogens with zero attached hydrogens (tertiary/aromatic N) is 3. The number of hydrogen-bond donors (Lipinski definition) is 2. The Kier molecular flexibility index (Phi) is 3.73. The van der Waals surface area contributed by atoms with E-state index in [9.17, 15) is 0 Å². The lowest BCUT2D eigenvalue weighted by atomic mass is 10.2. The molecule has 92 valence electrons. The minimum Gasteiger partial charge on any atom is -0.409 e. The molecular weight excluding hydrogens is 236 g/mol. The third kappa shape index (κ3) is 2.82. The third-order valence-electron chi connectivity index (χ3n) is 2.72. The van der Waals surface area contributed by atoms with Crippen LogP contribution in [0.1, 0.15) is 12.6 Å². The van der Waals surface area contributed by atoms with E-state index >= 15 is 0 Å². The van der Waals surface area contributed by atoms with Gasteiger partial charge >= 0.3 is 0 Å². The summed E-state index contributed by atoms with van der Waals surface area (Å²) in [5.74, 6) is 1.17. The van der Waals surface area contributed by atoms with E-state index in [1.165, 1.54) is 0 Å². The highest BCUT2D eigenvalue weighted by atomic mass is 32.2. The molecule has 1 unspecified atom stereocenters. The molecule has 3 N–H and O–H groups in total. The topological polar surface area (TPSA) is 74.7 Å². The standard InChI is InChI=1S/C11H16N4OS/c1-8-7-15(4-5-17-8)9-2-3-13-10(6-9)11(12)14-16/h2-3,6,8,16H,4-5,7H2,1H3,(H2,12,14). The number of pyridine rings is 1. The van der Waals surface area contributed by atoms with Gasteiger partial charge in [-0.2, -0.15) is 11.8 Å². The van der Waals surface area contributed by atoms with Gasteiger partial charge in [0, 0.05) is 36.0 Å². The molecule has 5 nitrogen and oxygen atoms in total. The van der Waals surface area contributed by atoms with Crippen LogP contribution in [-0.2, 0) is 0 Å². The maximum atomic E-state index is 8.64. The molecule has 2 rings (SSSR count). The summed E-state index contributed by atoms with van der Waals surface area (Å²) in [6.45, 7) is 4.27. The molecule has 0 radical (unpaired) electrons. The summed E-state index contributed by atoms with van der Waals surface area (Å²) < 4.78 is 0. The van der Waals surface area contributed by atoms with Gasteiger partial charge in [-0.05, 0) is 12.1 Å². The first-order chi connectivity index (χ1) is 8.20. The second-order valence-electron chi connectivity index (χ2n) is 4.01. The fourth-order valence-electron chi connectivity index (χ4n) is 1.86. The smallest absolute Gasteiger partial charge is 0.188 e. The normalized spacial score (nSPS) is 21.6. The zero-order valence-electron chi connectivity index (χ0n) is 9.71. The number of nitrogens with two attached hydrogens (primary N) is 1. The molecule has 1 aromatic heterocycles. The highest BCUT2D eigenvalue weighted by molar-refractivity contribution is 8.00. The molecule has 0 spiro atoms. The number of oxime groups is 1. The van der Waals surface area contributed by atoms with Crippen LogP contribution in [0.2, 0.25) is 0 Å². The quantitative estimate of drug-likeness (QED) is 0.357. The van der Waals surface area contributed by atoms with Gasteiger partial charge in [-0.15, -0.1) is 0 Å². The predicted octanol–water partition coefficient (Wildman–Crippen LogP) is 1.12. The second-order valence-corrected chi connectivity index (χ2v) is 5.56. The van der Waals surface area contributed by atoms with Crippen molar-refractivity contribution in [2.45, 2.75) is 12.2 Å². The van der Waals surface area contributed by atoms with Crippen molar-refractivity contribution in [2.75, 3.05) is 23.7 Å². The van der Waals surface area contributed by atoms with Crippen LogP contribution in [0.3, 0.4) is 0 Å². The van der Waals surface area contributed by atoms with Gasteiger partial charge in [-0.3, -0.25) is 4.98 Å². The monoisotopic (exact) mass is 252 g/mol. The zero-order valence-corrected chi connectivity index (χ0v) is 10.5. The first kappa shape index (κ1) is 12.0. The van der Waals surface area contributed by atoms with Crippen molar-refractivity contribution < 1.29 is 5.21 Å². The molecular formula is C11H16N4OS. The molecule has 17 heavy (non-hydrogen) atoms. The van der Waals surface area contributed by atoms with E-state index in [-0.39, 0.29) is 5.84 Å². The molecule has 1 atom stereocenters. The Morgan fingerprint density at radius 1 is 1.71 bits per heavy atom. The summed E-state index contributed by atoms with van der Waals surface area (Å²) in [6, 6.07) is 3.81. The summed E-state index contributed by atoms with van der Waals surface area (Å²) in [4.78, 5) is 6.38. The predicted molar refractivity (Wildman–Crippen MR) is 70.9 cm³/mol. The molecule has 1 aromatic rings. The van der Waals surface area contributed by atoms with Crippen molar-refractivity contribution >= 4 is 23.3 Å². The summed E-state index contributed by atoms with van der Waals surface area (Å²) >= 11 is 1.99. The fraction of sp³-hybridized carbons (Fsp3) is 0.455. The van der Waals surface area contributed by atoms with Gasteiger partial charge in [0.05, 0.1) is 0 Å². The molecule has 1 saturated heterocycles. The van der Waals surface area contributed by atoms with E-state index in [1.54, 1.807) is 6.20 Å². The van der Waals surface area contributed by atoms with Crippen LogP contribution in [0.5, 0.6) is 0 Å². The van der Waals surface area contributed by atoms with Crippen LogP contribution in [0, 0.1) is 0 Å². The Bertz CT molecular complexity index is 424. The van der Waals surface area contributed by atoms with E-state index in [0.717, 1.165) is 24.5 Å². The number of anilines is 1. The second kappa shape index (κ2) is 5.27. The first-order valence-electron chi connectivity index (χ1n) is 5.51. The SMILES string of the molecule is CC1CN(c2ccnc(/C(N)=N/O)c2)CCS1. The maximum Gasteiger partial charge on any atom is 0.188 e. The van der Waals surface area contributed by atoms with Crippen molar-refractivity contribution in [1.82, 2.24) is 4.98 Å². The average molecular weight is 252 g/mol. The van der Waals surface area contributed by atoms with Crippen molar-refractivity contribution in [3.63, 3.8) is 0 Å². The van der Waals surface area contributed by atoms with Crippen molar-refractivity contribution in [3.8, 4) is 0 Å². The van der Waals surface area contributed by atoms with E-state index < -0.39 is 0 Å². The highest BCUT2D eigenvalue weighted by Crippen LogP contribution is 2.23. The first-order valence-corrected chi connectivity index (χ1v) is 6.56. The van der Waals surface area contributed by atoms with Crippen LogP contribution in [0.4, 0.5) is 5.69 Å². The van der Waals surface area contributed by atoms with Crippen molar-refractivity contribution in [1.29, 1.82) is 0 Å². The Hall–Kier alpha value is -1.43. The van der Waals surface area contributed by atoms with Gasteiger partial charge in [0.15, 0.2) is 5.84 Å². The number of rotatable bonds is 2. The summed E-state index contributed by atoms with van der Waals surface area (Å²) in [5.41, 5.74) is 7.12. The van der Waals surface area contributed by atoms with Crippen LogP contribution < -0.4 is 10.6 Å².